The van der Waals surface area contributed by atoms with E-state index in [0.717, 1.165) is 6.21 Å². The van der Waals surface area contributed by atoms with Crippen LogP contribution in [0.4, 0.5) is 0 Å². The van der Waals surface area contributed by atoms with Crippen molar-refractivity contribution in [3.05, 3.63) is 5.53 Å². The second kappa shape index (κ2) is 8.28. The lowest BCUT2D eigenvalue weighted by Crippen LogP contribution is -2.50. The molecule has 0 radical (unpaired) electrons. The maximum absolute atomic E-state index is 11.9. The monoisotopic (exact) mass is 297 g/mol. The van der Waals surface area contributed by atoms with Crippen molar-refractivity contribution >= 4 is 23.9 Å². The van der Waals surface area contributed by atoms with Crippen LogP contribution < -0.4 is 5.32 Å². The molecule has 1 saturated heterocycles. The van der Waals surface area contributed by atoms with Gasteiger partial charge in [-0.1, -0.05) is 0 Å². The van der Waals surface area contributed by atoms with Crippen molar-refractivity contribution in [1.82, 2.24) is 5.32 Å². The predicted molar refractivity (Wildman–Crippen MR) is 71.4 cm³/mol. The molecular formula is C13H19N3O5. The first-order valence-electron chi connectivity index (χ1n) is 6.76. The SMILES string of the molecule is CC(C)OC(=O)[C@H](CCC(=O)C=[N+]=[N-])NC(=O)[C@@H]1CCO1. The molecule has 1 N–H and O–H groups in total. The molecule has 1 aliphatic rings. The normalized spacial score (nSPS) is 18.1. The highest BCUT2D eigenvalue weighted by atomic mass is 16.5. The first-order valence-corrected chi connectivity index (χ1v) is 6.76. The van der Waals surface area contributed by atoms with Gasteiger partial charge in [-0.2, -0.15) is 4.79 Å². The minimum Gasteiger partial charge on any atom is -0.461 e. The molecule has 0 bridgehead atoms. The van der Waals surface area contributed by atoms with E-state index in [2.05, 4.69) is 10.1 Å². The van der Waals surface area contributed by atoms with Crippen molar-refractivity contribution in [2.45, 2.75) is 51.4 Å². The minimum absolute atomic E-state index is 0.0479. The molecule has 0 aromatic carbocycles. The lowest BCUT2D eigenvalue weighted by atomic mass is 10.1. The number of amides is 1. The van der Waals surface area contributed by atoms with Crippen LogP contribution in [0, 0.1) is 0 Å². The maximum Gasteiger partial charge on any atom is 0.328 e. The summed E-state index contributed by atoms with van der Waals surface area (Å²) in [7, 11) is 0. The third-order valence-electron chi connectivity index (χ3n) is 2.83. The fraction of sp³-hybridized carbons (Fsp3) is 0.692. The molecule has 21 heavy (non-hydrogen) atoms. The average Bonchev–Trinajstić information content (AvgIpc) is 2.31. The van der Waals surface area contributed by atoms with Gasteiger partial charge in [-0.25, -0.2) is 4.79 Å². The van der Waals surface area contributed by atoms with E-state index in [0.29, 0.717) is 13.0 Å². The number of rotatable bonds is 8. The van der Waals surface area contributed by atoms with E-state index in [9.17, 15) is 14.4 Å². The Bertz CT molecular complexity index is 453. The third-order valence-corrected chi connectivity index (χ3v) is 2.83. The summed E-state index contributed by atoms with van der Waals surface area (Å²) in [5.41, 5.74) is 8.26. The number of carbonyl (C=O) groups is 3. The zero-order valence-electron chi connectivity index (χ0n) is 12.1. The fourth-order valence-corrected chi connectivity index (χ4v) is 1.69. The topological polar surface area (TPSA) is 118 Å². The van der Waals surface area contributed by atoms with Gasteiger partial charge in [0.25, 0.3) is 0 Å². The Hall–Kier alpha value is -2.05. The van der Waals surface area contributed by atoms with Crippen LogP contribution in [0.5, 0.6) is 0 Å². The average molecular weight is 297 g/mol. The smallest absolute Gasteiger partial charge is 0.328 e. The number of hydrogen-bond acceptors (Lipinski definition) is 5. The summed E-state index contributed by atoms with van der Waals surface area (Å²) in [6.07, 6.45) is 0.499. The van der Waals surface area contributed by atoms with E-state index >= 15 is 0 Å². The number of ketones is 1. The van der Waals surface area contributed by atoms with Gasteiger partial charge in [0.15, 0.2) is 0 Å². The molecule has 2 atom stereocenters. The Balaban J connectivity index is 2.59. The van der Waals surface area contributed by atoms with E-state index in [1.807, 2.05) is 0 Å². The number of ether oxygens (including phenoxy) is 2. The van der Waals surface area contributed by atoms with Crippen molar-refractivity contribution in [2.75, 3.05) is 6.61 Å². The van der Waals surface area contributed by atoms with Crippen LogP contribution in [-0.4, -0.2) is 53.5 Å². The van der Waals surface area contributed by atoms with Gasteiger partial charge >= 0.3 is 12.2 Å². The van der Waals surface area contributed by atoms with Crippen molar-refractivity contribution in [1.29, 1.82) is 0 Å². The summed E-state index contributed by atoms with van der Waals surface area (Å²) in [5.74, 6) is -1.45. The quantitative estimate of drug-likeness (QED) is 0.289. The van der Waals surface area contributed by atoms with Crippen LogP contribution in [0.3, 0.4) is 0 Å². The molecule has 8 heteroatoms. The van der Waals surface area contributed by atoms with Gasteiger partial charge in [0.2, 0.25) is 11.7 Å². The van der Waals surface area contributed by atoms with Gasteiger partial charge in [0.1, 0.15) is 12.1 Å². The summed E-state index contributed by atoms with van der Waals surface area (Å²) in [6.45, 7) is 3.90. The zero-order valence-corrected chi connectivity index (χ0v) is 12.1. The Morgan fingerprint density at radius 1 is 1.48 bits per heavy atom. The molecule has 0 unspecified atom stereocenters. The Morgan fingerprint density at radius 3 is 2.62 bits per heavy atom. The molecule has 116 valence electrons. The Labute approximate surface area is 122 Å². The van der Waals surface area contributed by atoms with Crippen LogP contribution in [0.15, 0.2) is 0 Å². The Morgan fingerprint density at radius 2 is 2.14 bits per heavy atom. The lowest BCUT2D eigenvalue weighted by molar-refractivity contribution is -0.156. The lowest BCUT2D eigenvalue weighted by Gasteiger charge is -2.27. The van der Waals surface area contributed by atoms with Crippen molar-refractivity contribution in [3.8, 4) is 0 Å². The van der Waals surface area contributed by atoms with Gasteiger partial charge in [0.05, 0.1) is 12.7 Å². The molecule has 0 aliphatic carbocycles. The molecule has 1 fully saturated rings. The largest absolute Gasteiger partial charge is 0.461 e. The molecule has 0 saturated carbocycles. The first-order chi connectivity index (χ1) is 9.93. The number of Topliss-reactive ketones (excluding diaryl/α,β-unsaturated/α-hetero) is 1. The van der Waals surface area contributed by atoms with E-state index in [1.165, 1.54) is 0 Å². The van der Waals surface area contributed by atoms with Crippen molar-refractivity contribution in [2.24, 2.45) is 0 Å². The zero-order chi connectivity index (χ0) is 15.8. The molecule has 1 amide bonds. The minimum atomic E-state index is -0.930. The van der Waals surface area contributed by atoms with Crippen LogP contribution in [0.1, 0.15) is 33.1 Å². The number of nitrogens with zero attached hydrogens (tertiary/aromatic N) is 2. The maximum atomic E-state index is 11.9. The molecule has 8 nitrogen and oxygen atoms in total. The Kier molecular flexibility index (Phi) is 6.71. The van der Waals surface area contributed by atoms with E-state index in [1.54, 1.807) is 13.8 Å². The highest BCUT2D eigenvalue weighted by molar-refractivity contribution is 6.25. The van der Waals surface area contributed by atoms with Gasteiger partial charge in [0, 0.05) is 12.8 Å². The molecule has 0 aromatic heterocycles. The summed E-state index contributed by atoms with van der Waals surface area (Å²) < 4.78 is 10.1. The van der Waals surface area contributed by atoms with Crippen molar-refractivity contribution in [3.63, 3.8) is 0 Å². The number of esters is 1. The summed E-state index contributed by atoms with van der Waals surface area (Å²) in [5, 5.41) is 2.52. The van der Waals surface area contributed by atoms with E-state index in [-0.39, 0.29) is 18.9 Å². The standard InChI is InChI=1S/C13H19N3O5/c1-8(2)21-13(19)10(4-3-9(17)7-15-14)16-12(18)11-5-6-20-11/h7-8,10-11H,3-6H2,1-2H3,(H,16,18)/t10-,11-/m0/s1. The second-order valence-electron chi connectivity index (χ2n) is 4.94. The molecule has 0 aromatic rings. The predicted octanol–water partition coefficient (Wildman–Crippen LogP) is -0.138. The number of carbonyl (C=O) groups excluding carboxylic acids is 3. The second-order valence-corrected chi connectivity index (χ2v) is 4.94. The molecule has 1 rings (SSSR count). The summed E-state index contributed by atoms with van der Waals surface area (Å²) in [4.78, 5) is 37.6. The van der Waals surface area contributed by atoms with Crippen LogP contribution in [0.25, 0.3) is 5.53 Å². The van der Waals surface area contributed by atoms with Crippen LogP contribution in [-0.2, 0) is 23.9 Å². The van der Waals surface area contributed by atoms with E-state index in [4.69, 9.17) is 15.0 Å². The number of nitrogens with one attached hydrogen (secondary N) is 1. The number of hydrogen-bond donors (Lipinski definition) is 1. The van der Waals surface area contributed by atoms with Crippen LogP contribution in [0.2, 0.25) is 0 Å². The molecule has 1 heterocycles. The van der Waals surface area contributed by atoms with Crippen LogP contribution >= 0.6 is 0 Å². The third kappa shape index (κ3) is 5.85. The van der Waals surface area contributed by atoms with Gasteiger partial charge in [-0.15, -0.1) is 0 Å². The molecular weight excluding hydrogens is 278 g/mol. The molecule has 0 spiro atoms. The van der Waals surface area contributed by atoms with Gasteiger partial charge in [-0.3, -0.25) is 9.59 Å². The molecule has 1 aliphatic heterocycles. The van der Waals surface area contributed by atoms with Crippen molar-refractivity contribution < 1.29 is 28.6 Å². The summed E-state index contributed by atoms with van der Waals surface area (Å²) in [6, 6.07) is -0.930. The first kappa shape index (κ1) is 17.0. The van der Waals surface area contributed by atoms with E-state index < -0.39 is 29.8 Å². The fourth-order valence-electron chi connectivity index (χ4n) is 1.69. The highest BCUT2D eigenvalue weighted by Gasteiger charge is 2.31. The van der Waals surface area contributed by atoms with Gasteiger partial charge in [-0.05, 0) is 20.3 Å². The summed E-state index contributed by atoms with van der Waals surface area (Å²) >= 11 is 0. The van der Waals surface area contributed by atoms with Gasteiger partial charge < -0.3 is 20.3 Å². The highest BCUT2D eigenvalue weighted by Crippen LogP contribution is 2.12.